The van der Waals surface area contributed by atoms with E-state index in [0.29, 0.717) is 6.42 Å². The molecule has 0 heterocycles. The number of nitrogen functional groups attached to an aromatic ring is 1. The van der Waals surface area contributed by atoms with Crippen molar-refractivity contribution in [1.29, 1.82) is 0 Å². The molecule has 0 saturated heterocycles. The van der Waals surface area contributed by atoms with E-state index in [4.69, 9.17) is 5.73 Å². The third kappa shape index (κ3) is 2.58. The van der Waals surface area contributed by atoms with Crippen molar-refractivity contribution in [2.45, 2.75) is 26.2 Å². The van der Waals surface area contributed by atoms with Gasteiger partial charge in [0.15, 0.2) is 0 Å². The summed E-state index contributed by atoms with van der Waals surface area (Å²) >= 11 is 0. The first kappa shape index (κ1) is 9.78. The van der Waals surface area contributed by atoms with Gasteiger partial charge >= 0.3 is 0 Å². The van der Waals surface area contributed by atoms with E-state index in [1.165, 1.54) is 5.56 Å². The summed E-state index contributed by atoms with van der Waals surface area (Å²) in [6.07, 6.45) is 3.22. The molecule has 1 aromatic carbocycles. The van der Waals surface area contributed by atoms with E-state index in [9.17, 15) is 4.79 Å². The minimum atomic E-state index is 0.551. The van der Waals surface area contributed by atoms with Gasteiger partial charge in [-0.2, -0.15) is 0 Å². The summed E-state index contributed by atoms with van der Waals surface area (Å²) in [4.78, 5) is 10.2. The maximum atomic E-state index is 10.2. The van der Waals surface area contributed by atoms with Gasteiger partial charge in [0, 0.05) is 12.1 Å². The van der Waals surface area contributed by atoms with Gasteiger partial charge in [-0.1, -0.05) is 19.1 Å². The fourth-order valence-electron chi connectivity index (χ4n) is 1.31. The van der Waals surface area contributed by atoms with Crippen LogP contribution in [0.2, 0.25) is 0 Å². The van der Waals surface area contributed by atoms with Crippen molar-refractivity contribution in [2.24, 2.45) is 0 Å². The first-order chi connectivity index (χ1) is 6.27. The van der Waals surface area contributed by atoms with Gasteiger partial charge in [0.1, 0.15) is 6.29 Å². The largest absolute Gasteiger partial charge is 0.398 e. The Kier molecular flexibility index (Phi) is 3.50. The first-order valence-electron chi connectivity index (χ1n) is 4.58. The number of rotatable bonds is 4. The van der Waals surface area contributed by atoms with E-state index in [1.807, 2.05) is 12.1 Å². The van der Waals surface area contributed by atoms with Crippen molar-refractivity contribution in [3.05, 3.63) is 29.3 Å². The third-order valence-electron chi connectivity index (χ3n) is 2.15. The van der Waals surface area contributed by atoms with Gasteiger partial charge in [-0.25, -0.2) is 0 Å². The zero-order valence-electron chi connectivity index (χ0n) is 7.92. The van der Waals surface area contributed by atoms with Crippen molar-refractivity contribution in [1.82, 2.24) is 0 Å². The van der Waals surface area contributed by atoms with Crippen LogP contribution in [0.5, 0.6) is 0 Å². The molecule has 2 N–H and O–H groups in total. The lowest BCUT2D eigenvalue weighted by molar-refractivity contribution is -0.107. The van der Waals surface area contributed by atoms with Crippen LogP contribution < -0.4 is 5.73 Å². The molecule has 0 aromatic heterocycles. The average Bonchev–Trinajstić information content (AvgIpc) is 2.16. The molecular weight excluding hydrogens is 162 g/mol. The van der Waals surface area contributed by atoms with Gasteiger partial charge in [-0.15, -0.1) is 0 Å². The van der Waals surface area contributed by atoms with E-state index in [2.05, 4.69) is 13.0 Å². The fraction of sp³-hybridized carbons (Fsp3) is 0.364. The molecule has 0 aliphatic rings. The Balaban J connectivity index is 2.78. The lowest BCUT2D eigenvalue weighted by Gasteiger charge is -2.05. The van der Waals surface area contributed by atoms with E-state index in [-0.39, 0.29) is 0 Å². The summed E-state index contributed by atoms with van der Waals surface area (Å²) in [5.74, 6) is 0. The van der Waals surface area contributed by atoms with E-state index in [1.54, 1.807) is 0 Å². The summed E-state index contributed by atoms with van der Waals surface area (Å²) in [7, 11) is 0. The number of hydrogen-bond donors (Lipinski definition) is 1. The average molecular weight is 177 g/mol. The lowest BCUT2D eigenvalue weighted by atomic mass is 10.0. The van der Waals surface area contributed by atoms with Gasteiger partial charge < -0.3 is 10.5 Å². The Morgan fingerprint density at radius 2 is 2.23 bits per heavy atom. The lowest BCUT2D eigenvalue weighted by Crippen LogP contribution is -1.96. The molecule has 1 rings (SSSR count). The number of hydrogen-bond acceptors (Lipinski definition) is 2. The van der Waals surface area contributed by atoms with Crippen LogP contribution in [-0.2, 0) is 17.6 Å². The highest BCUT2D eigenvalue weighted by Crippen LogP contribution is 2.15. The predicted octanol–water partition coefficient (Wildman–Crippen LogP) is 1.96. The zero-order chi connectivity index (χ0) is 9.68. The molecule has 70 valence electrons. The summed E-state index contributed by atoms with van der Waals surface area (Å²) < 4.78 is 0. The summed E-state index contributed by atoms with van der Waals surface area (Å²) in [5.41, 5.74) is 8.94. The third-order valence-corrected chi connectivity index (χ3v) is 2.15. The summed E-state index contributed by atoms with van der Waals surface area (Å²) in [5, 5.41) is 0. The molecule has 0 saturated carbocycles. The normalized spacial score (nSPS) is 9.92. The number of carbonyl (C=O) groups excluding carboxylic acids is 1. The summed E-state index contributed by atoms with van der Waals surface area (Å²) in [6, 6.07) is 6.06. The molecule has 0 unspecified atom stereocenters. The van der Waals surface area contributed by atoms with Crippen molar-refractivity contribution >= 4 is 12.0 Å². The molecule has 0 radical (unpaired) electrons. The van der Waals surface area contributed by atoms with E-state index < -0.39 is 0 Å². The Morgan fingerprint density at radius 1 is 1.46 bits per heavy atom. The van der Waals surface area contributed by atoms with E-state index >= 15 is 0 Å². The molecule has 0 aliphatic heterocycles. The molecule has 13 heavy (non-hydrogen) atoms. The molecule has 0 aliphatic carbocycles. The van der Waals surface area contributed by atoms with Crippen molar-refractivity contribution in [2.75, 3.05) is 5.73 Å². The number of aldehydes is 1. The Bertz CT molecular complexity index is 294. The molecule has 2 nitrogen and oxygen atoms in total. The first-order valence-corrected chi connectivity index (χ1v) is 4.58. The van der Waals surface area contributed by atoms with Crippen LogP contribution in [0, 0.1) is 0 Å². The molecule has 1 aromatic rings. The van der Waals surface area contributed by atoms with Crippen LogP contribution >= 0.6 is 0 Å². The van der Waals surface area contributed by atoms with Crippen LogP contribution in [0.15, 0.2) is 18.2 Å². The molecule has 2 heteroatoms. The topological polar surface area (TPSA) is 43.1 Å². The molecular formula is C11H15NO. The highest BCUT2D eigenvalue weighted by atomic mass is 16.1. The van der Waals surface area contributed by atoms with Gasteiger partial charge in [-0.3, -0.25) is 0 Å². The van der Waals surface area contributed by atoms with Crippen LogP contribution in [-0.4, -0.2) is 6.29 Å². The van der Waals surface area contributed by atoms with Gasteiger partial charge in [0.05, 0.1) is 0 Å². The monoisotopic (exact) mass is 177 g/mol. The molecule has 0 amide bonds. The molecule has 0 atom stereocenters. The van der Waals surface area contributed by atoms with Crippen molar-refractivity contribution in [3.8, 4) is 0 Å². The van der Waals surface area contributed by atoms with Crippen LogP contribution in [0.1, 0.15) is 24.5 Å². The van der Waals surface area contributed by atoms with Crippen LogP contribution in [0.4, 0.5) is 5.69 Å². The number of benzene rings is 1. The molecule has 0 bridgehead atoms. The number of nitrogens with two attached hydrogens (primary N) is 1. The van der Waals surface area contributed by atoms with E-state index in [0.717, 1.165) is 30.4 Å². The van der Waals surface area contributed by atoms with Crippen molar-refractivity contribution in [3.63, 3.8) is 0 Å². The maximum Gasteiger partial charge on any atom is 0.120 e. The zero-order valence-corrected chi connectivity index (χ0v) is 7.92. The van der Waals surface area contributed by atoms with Crippen molar-refractivity contribution < 1.29 is 4.79 Å². The minimum Gasteiger partial charge on any atom is -0.398 e. The Morgan fingerprint density at radius 3 is 2.77 bits per heavy atom. The number of aryl methyl sites for hydroxylation is 2. The van der Waals surface area contributed by atoms with Gasteiger partial charge in [0.25, 0.3) is 0 Å². The maximum absolute atomic E-state index is 10.2. The highest BCUT2D eigenvalue weighted by molar-refractivity contribution is 5.54. The number of carbonyl (C=O) groups is 1. The minimum absolute atomic E-state index is 0.551. The SMILES string of the molecule is CCc1ccc(CCC=O)c(N)c1. The van der Waals surface area contributed by atoms with Gasteiger partial charge in [-0.05, 0) is 30.0 Å². The molecule has 0 fully saturated rings. The highest BCUT2D eigenvalue weighted by Gasteiger charge is 1.99. The van der Waals surface area contributed by atoms with Crippen LogP contribution in [0.3, 0.4) is 0 Å². The Hall–Kier alpha value is -1.31. The second-order valence-corrected chi connectivity index (χ2v) is 3.09. The fourth-order valence-corrected chi connectivity index (χ4v) is 1.31. The van der Waals surface area contributed by atoms with Gasteiger partial charge in [0.2, 0.25) is 0 Å². The van der Waals surface area contributed by atoms with Crippen LogP contribution in [0.25, 0.3) is 0 Å². The standard InChI is InChI=1S/C11H15NO/c1-2-9-5-6-10(4-3-7-13)11(12)8-9/h5-8H,2-4,12H2,1H3. The quantitative estimate of drug-likeness (QED) is 0.564. The smallest absolute Gasteiger partial charge is 0.120 e. The second-order valence-electron chi connectivity index (χ2n) is 3.09. The summed E-state index contributed by atoms with van der Waals surface area (Å²) in [6.45, 7) is 2.10. The molecule has 0 spiro atoms. The number of anilines is 1. The Labute approximate surface area is 78.8 Å². The second kappa shape index (κ2) is 4.65. The predicted molar refractivity (Wildman–Crippen MR) is 54.6 cm³/mol.